The Morgan fingerprint density at radius 2 is 1.14 bits per heavy atom. The van der Waals surface area contributed by atoms with Gasteiger partial charge in [-0.25, -0.2) is 4.98 Å². The van der Waals surface area contributed by atoms with Crippen molar-refractivity contribution in [2.24, 2.45) is 0 Å². The minimum atomic E-state index is 0.631. The maximum atomic E-state index is 6.50. The maximum Gasteiger partial charge on any atom is 0.227 e. The lowest BCUT2D eigenvalue weighted by molar-refractivity contribution is 0.623. The van der Waals surface area contributed by atoms with Gasteiger partial charge in [0.05, 0.1) is 0 Å². The summed E-state index contributed by atoms with van der Waals surface area (Å²) in [6.07, 6.45) is 0. The van der Waals surface area contributed by atoms with E-state index in [1.165, 1.54) is 20.2 Å². The predicted molar refractivity (Wildman–Crippen MR) is 209 cm³/mol. The second kappa shape index (κ2) is 10.5. The van der Waals surface area contributed by atoms with E-state index in [1.807, 2.05) is 53.8 Å². The van der Waals surface area contributed by atoms with Gasteiger partial charge < -0.3 is 13.7 Å². The third-order valence-corrected chi connectivity index (χ3v) is 11.0. The fraction of sp³-hybridized carbons (Fsp3) is 0. The molecule has 8 aromatic carbocycles. The number of rotatable bonds is 4. The van der Waals surface area contributed by atoms with Crippen LogP contribution in [0.4, 0.5) is 17.1 Å². The Bertz CT molecular complexity index is 3120. The van der Waals surface area contributed by atoms with Crippen molar-refractivity contribution in [3.8, 4) is 11.5 Å². The molecule has 0 N–H and O–H groups in total. The topological polar surface area (TPSA) is 42.4 Å². The average molecular weight is 659 g/mol. The van der Waals surface area contributed by atoms with E-state index in [1.54, 1.807) is 0 Å². The van der Waals surface area contributed by atoms with E-state index in [-0.39, 0.29) is 0 Å². The van der Waals surface area contributed by atoms with Gasteiger partial charge >= 0.3 is 0 Å². The van der Waals surface area contributed by atoms with Crippen molar-refractivity contribution in [2.45, 2.75) is 0 Å². The van der Waals surface area contributed by atoms with Crippen LogP contribution in [-0.4, -0.2) is 4.98 Å². The van der Waals surface area contributed by atoms with Crippen LogP contribution in [0.15, 0.2) is 167 Å². The van der Waals surface area contributed by atoms with Crippen molar-refractivity contribution in [1.29, 1.82) is 0 Å². The van der Waals surface area contributed by atoms with E-state index in [2.05, 4.69) is 120 Å². The van der Waals surface area contributed by atoms with E-state index in [0.717, 1.165) is 77.2 Å². The van der Waals surface area contributed by atoms with E-state index in [4.69, 9.17) is 13.8 Å². The Balaban J connectivity index is 1.13. The lowest BCUT2D eigenvalue weighted by Crippen LogP contribution is -2.09. The van der Waals surface area contributed by atoms with Gasteiger partial charge in [0.1, 0.15) is 16.7 Å². The Morgan fingerprint density at radius 1 is 0.460 bits per heavy atom. The van der Waals surface area contributed by atoms with Gasteiger partial charge in [0.2, 0.25) is 5.89 Å². The first-order valence-electron chi connectivity index (χ1n) is 16.7. The van der Waals surface area contributed by atoms with Gasteiger partial charge in [-0.3, -0.25) is 0 Å². The molecule has 0 bridgehead atoms. The number of fused-ring (bicyclic) bond motifs is 11. The number of benzene rings is 8. The molecule has 50 heavy (non-hydrogen) atoms. The lowest BCUT2D eigenvalue weighted by atomic mass is 10.00. The van der Waals surface area contributed by atoms with E-state index < -0.39 is 0 Å². The van der Waals surface area contributed by atoms with Gasteiger partial charge in [0, 0.05) is 59.0 Å². The second-order valence-corrected chi connectivity index (χ2v) is 13.8. The summed E-state index contributed by atoms with van der Waals surface area (Å²) in [6.45, 7) is 0. The van der Waals surface area contributed by atoms with E-state index in [9.17, 15) is 0 Å². The van der Waals surface area contributed by atoms with Gasteiger partial charge in [0.15, 0.2) is 5.58 Å². The summed E-state index contributed by atoms with van der Waals surface area (Å²) in [7, 11) is 0. The van der Waals surface area contributed by atoms with Crippen molar-refractivity contribution >= 4 is 103 Å². The molecule has 3 aromatic heterocycles. The average Bonchev–Trinajstić information content (AvgIpc) is 3.88. The number of oxazole rings is 1. The molecule has 3 heterocycles. The fourth-order valence-corrected chi connectivity index (χ4v) is 8.66. The highest BCUT2D eigenvalue weighted by Crippen LogP contribution is 2.44. The van der Waals surface area contributed by atoms with Crippen molar-refractivity contribution in [2.75, 3.05) is 4.90 Å². The van der Waals surface area contributed by atoms with Gasteiger partial charge in [-0.1, -0.05) is 84.9 Å². The molecule has 0 spiro atoms. The smallest absolute Gasteiger partial charge is 0.227 e. The molecule has 11 rings (SSSR count). The minimum Gasteiger partial charge on any atom is -0.456 e. The summed E-state index contributed by atoms with van der Waals surface area (Å²) >= 11 is 1.84. The molecule has 0 saturated carbocycles. The third kappa shape index (κ3) is 4.14. The van der Waals surface area contributed by atoms with Crippen LogP contribution in [0.25, 0.3) is 86.2 Å². The van der Waals surface area contributed by atoms with Gasteiger partial charge in [-0.05, 0) is 89.0 Å². The third-order valence-electron chi connectivity index (χ3n) is 9.85. The van der Waals surface area contributed by atoms with Crippen LogP contribution in [0.1, 0.15) is 0 Å². The summed E-state index contributed by atoms with van der Waals surface area (Å²) in [5, 5.41) is 9.24. The molecule has 0 aliphatic carbocycles. The number of nitrogens with zero attached hydrogens (tertiary/aromatic N) is 2. The van der Waals surface area contributed by atoms with Crippen LogP contribution < -0.4 is 4.90 Å². The molecule has 11 aromatic rings. The first-order valence-corrected chi connectivity index (χ1v) is 17.5. The van der Waals surface area contributed by atoms with E-state index >= 15 is 0 Å². The highest BCUT2D eigenvalue weighted by atomic mass is 32.1. The minimum absolute atomic E-state index is 0.631. The van der Waals surface area contributed by atoms with Crippen LogP contribution in [0, 0.1) is 0 Å². The van der Waals surface area contributed by atoms with Gasteiger partial charge in [0.25, 0.3) is 0 Å². The van der Waals surface area contributed by atoms with Crippen LogP contribution in [-0.2, 0) is 0 Å². The van der Waals surface area contributed by atoms with Crippen LogP contribution in [0.3, 0.4) is 0 Å². The summed E-state index contributed by atoms with van der Waals surface area (Å²) < 4.78 is 15.3. The Kier molecular flexibility index (Phi) is 5.80. The Labute approximate surface area is 290 Å². The number of aromatic nitrogens is 1. The van der Waals surface area contributed by atoms with Gasteiger partial charge in [-0.15, -0.1) is 11.3 Å². The number of hydrogen-bond acceptors (Lipinski definition) is 5. The highest BCUT2D eigenvalue weighted by Gasteiger charge is 2.19. The standard InChI is InChI=1S/C45H26N2O2S/c1-2-8-28(9-3-1)45-46-38-22-16-27-14-15-29-24-30(17-20-33(29)43(27)44(38)49-45)47(31-19-23-40-37(25-31)34-10-4-6-12-39(34)48-40)32-18-21-36-35-11-5-7-13-41(35)50-42(36)26-32/h1-26H. The maximum absolute atomic E-state index is 6.50. The van der Waals surface area contributed by atoms with Crippen molar-refractivity contribution in [1.82, 2.24) is 4.98 Å². The molecule has 4 nitrogen and oxygen atoms in total. The molecule has 0 unspecified atom stereocenters. The fourth-order valence-electron chi connectivity index (χ4n) is 7.52. The summed E-state index contributed by atoms with van der Waals surface area (Å²) in [5.74, 6) is 0.631. The summed E-state index contributed by atoms with van der Waals surface area (Å²) in [5.41, 5.74) is 7.63. The Hall–Kier alpha value is -6.43. The summed E-state index contributed by atoms with van der Waals surface area (Å²) in [6, 6.07) is 55.7. The first kappa shape index (κ1) is 27.5. The number of anilines is 3. The Morgan fingerprint density at radius 3 is 2.06 bits per heavy atom. The quantitative estimate of drug-likeness (QED) is 0.177. The first-order chi connectivity index (χ1) is 24.7. The summed E-state index contributed by atoms with van der Waals surface area (Å²) in [4.78, 5) is 7.22. The second-order valence-electron chi connectivity index (χ2n) is 12.8. The molecule has 0 atom stereocenters. The SMILES string of the molecule is c1ccc(-c2nc3ccc4ccc5cc(N(c6ccc7c(c6)sc6ccccc67)c6ccc7oc8ccccc8c7c6)ccc5c4c3o2)cc1. The predicted octanol–water partition coefficient (Wildman–Crippen LogP) is 13.5. The number of thiophene rings is 1. The molecule has 0 fully saturated rings. The molecule has 234 valence electrons. The zero-order valence-electron chi connectivity index (χ0n) is 26.6. The molecule has 0 saturated heterocycles. The largest absolute Gasteiger partial charge is 0.456 e. The normalized spacial score (nSPS) is 12.0. The zero-order chi connectivity index (χ0) is 32.8. The molecule has 0 amide bonds. The van der Waals surface area contributed by atoms with Gasteiger partial charge in [-0.2, -0.15) is 0 Å². The molecule has 5 heteroatoms. The zero-order valence-corrected chi connectivity index (χ0v) is 27.4. The van der Waals surface area contributed by atoms with Crippen LogP contribution in [0.5, 0.6) is 0 Å². The number of hydrogen-bond donors (Lipinski definition) is 0. The van der Waals surface area contributed by atoms with Crippen LogP contribution in [0.2, 0.25) is 0 Å². The van der Waals surface area contributed by atoms with Crippen molar-refractivity contribution in [3.63, 3.8) is 0 Å². The lowest BCUT2D eigenvalue weighted by Gasteiger charge is -2.26. The van der Waals surface area contributed by atoms with Crippen molar-refractivity contribution < 1.29 is 8.83 Å². The molecular formula is C45H26N2O2S. The molecule has 0 radical (unpaired) electrons. The monoisotopic (exact) mass is 658 g/mol. The molecule has 0 aliphatic rings. The molecule has 0 aliphatic heterocycles. The highest BCUT2D eigenvalue weighted by molar-refractivity contribution is 7.25. The number of para-hydroxylation sites is 1. The van der Waals surface area contributed by atoms with Crippen LogP contribution >= 0.6 is 11.3 Å². The van der Waals surface area contributed by atoms with E-state index in [0.29, 0.717) is 5.89 Å². The molecular weight excluding hydrogens is 633 g/mol. The van der Waals surface area contributed by atoms with Crippen molar-refractivity contribution in [3.05, 3.63) is 158 Å². The number of furan rings is 1.